The van der Waals surface area contributed by atoms with Gasteiger partial charge in [-0.05, 0) is 27.7 Å². The SMILES string of the molecule is CCOC(=O)[C@H](C)[C@](C)(C#N)C(=O)OCC. The van der Waals surface area contributed by atoms with Gasteiger partial charge in [0, 0.05) is 0 Å². The van der Waals surface area contributed by atoms with Crippen LogP contribution in [0.3, 0.4) is 0 Å². The van der Waals surface area contributed by atoms with Gasteiger partial charge in [0.05, 0.1) is 25.2 Å². The Balaban J connectivity index is 4.89. The minimum absolute atomic E-state index is 0.172. The zero-order valence-corrected chi connectivity index (χ0v) is 10.1. The maximum absolute atomic E-state index is 11.6. The molecule has 0 aromatic heterocycles. The lowest BCUT2D eigenvalue weighted by molar-refractivity contribution is -0.163. The summed E-state index contributed by atoms with van der Waals surface area (Å²) in [5, 5.41) is 9.01. The molecule has 0 fully saturated rings. The standard InChI is InChI=1S/C11H17NO4/c1-5-15-9(13)8(3)11(4,7-12)10(14)16-6-2/h8H,5-6H2,1-4H3/t8-,11-/m0/s1. The Bertz CT molecular complexity index is 308. The van der Waals surface area contributed by atoms with Crippen LogP contribution >= 0.6 is 0 Å². The third-order valence-corrected chi connectivity index (χ3v) is 2.44. The monoisotopic (exact) mass is 227 g/mol. The van der Waals surface area contributed by atoms with Crippen molar-refractivity contribution in [2.24, 2.45) is 11.3 Å². The van der Waals surface area contributed by atoms with Gasteiger partial charge in [-0.3, -0.25) is 9.59 Å². The van der Waals surface area contributed by atoms with Crippen molar-refractivity contribution in [2.75, 3.05) is 13.2 Å². The summed E-state index contributed by atoms with van der Waals surface area (Å²) in [4.78, 5) is 23.1. The molecule has 0 aliphatic rings. The van der Waals surface area contributed by atoms with Gasteiger partial charge in [-0.15, -0.1) is 0 Å². The van der Waals surface area contributed by atoms with Gasteiger partial charge in [0.25, 0.3) is 0 Å². The fourth-order valence-electron chi connectivity index (χ4n) is 1.10. The number of hydrogen-bond acceptors (Lipinski definition) is 5. The summed E-state index contributed by atoms with van der Waals surface area (Å²) >= 11 is 0. The van der Waals surface area contributed by atoms with Crippen molar-refractivity contribution in [3.63, 3.8) is 0 Å². The largest absolute Gasteiger partial charge is 0.466 e. The average Bonchev–Trinajstić information content (AvgIpc) is 2.27. The van der Waals surface area contributed by atoms with Crippen molar-refractivity contribution in [3.05, 3.63) is 0 Å². The molecule has 0 saturated carbocycles. The van der Waals surface area contributed by atoms with Gasteiger partial charge >= 0.3 is 11.9 Å². The van der Waals surface area contributed by atoms with Crippen LogP contribution in [0.5, 0.6) is 0 Å². The number of ether oxygens (including phenoxy) is 2. The Kier molecular flexibility index (Phi) is 5.51. The normalized spacial score (nSPS) is 15.4. The van der Waals surface area contributed by atoms with Gasteiger partial charge in [0.15, 0.2) is 5.41 Å². The van der Waals surface area contributed by atoms with Crippen molar-refractivity contribution in [1.82, 2.24) is 0 Å². The van der Waals surface area contributed by atoms with E-state index in [0.717, 1.165) is 0 Å². The highest BCUT2D eigenvalue weighted by Crippen LogP contribution is 2.29. The molecule has 0 aromatic carbocycles. The quantitative estimate of drug-likeness (QED) is 0.661. The number of esters is 2. The Hall–Kier alpha value is -1.57. The highest BCUT2D eigenvalue weighted by atomic mass is 16.5. The summed E-state index contributed by atoms with van der Waals surface area (Å²) in [5.74, 6) is -2.12. The highest BCUT2D eigenvalue weighted by molar-refractivity contribution is 5.87. The Morgan fingerprint density at radius 2 is 1.81 bits per heavy atom. The first-order chi connectivity index (χ1) is 7.43. The zero-order chi connectivity index (χ0) is 12.8. The van der Waals surface area contributed by atoms with E-state index in [2.05, 4.69) is 0 Å². The van der Waals surface area contributed by atoms with E-state index in [0.29, 0.717) is 0 Å². The molecule has 0 bridgehead atoms. The summed E-state index contributed by atoms with van der Waals surface area (Å²) in [7, 11) is 0. The van der Waals surface area contributed by atoms with Crippen molar-refractivity contribution in [3.8, 4) is 6.07 Å². The van der Waals surface area contributed by atoms with Crippen LogP contribution in [0, 0.1) is 22.7 Å². The molecule has 0 aliphatic carbocycles. The van der Waals surface area contributed by atoms with E-state index in [4.69, 9.17) is 14.7 Å². The second-order valence-corrected chi connectivity index (χ2v) is 3.51. The predicted octanol–water partition coefficient (Wildman–Crippen LogP) is 1.28. The molecule has 2 atom stereocenters. The molecule has 0 aliphatic heterocycles. The molecule has 0 radical (unpaired) electrons. The summed E-state index contributed by atoms with van der Waals surface area (Å²) in [6.07, 6.45) is 0. The zero-order valence-electron chi connectivity index (χ0n) is 10.1. The van der Waals surface area contributed by atoms with E-state index in [1.54, 1.807) is 13.8 Å². The van der Waals surface area contributed by atoms with Crippen molar-refractivity contribution in [1.29, 1.82) is 5.26 Å². The van der Waals surface area contributed by atoms with Crippen LogP contribution in [0.25, 0.3) is 0 Å². The topological polar surface area (TPSA) is 76.4 Å². The molecule has 0 aromatic rings. The third-order valence-electron chi connectivity index (χ3n) is 2.44. The molecular weight excluding hydrogens is 210 g/mol. The van der Waals surface area contributed by atoms with Crippen molar-refractivity contribution >= 4 is 11.9 Å². The Morgan fingerprint density at radius 3 is 2.19 bits per heavy atom. The predicted molar refractivity (Wildman–Crippen MR) is 56.2 cm³/mol. The lowest BCUT2D eigenvalue weighted by Gasteiger charge is -2.24. The summed E-state index contributed by atoms with van der Waals surface area (Å²) in [6, 6.07) is 1.83. The fourth-order valence-corrected chi connectivity index (χ4v) is 1.10. The van der Waals surface area contributed by atoms with Crippen LogP contribution in [-0.4, -0.2) is 25.2 Å². The van der Waals surface area contributed by atoms with E-state index in [9.17, 15) is 9.59 Å². The molecule has 0 N–H and O–H groups in total. The summed E-state index contributed by atoms with van der Waals surface area (Å²) in [5.41, 5.74) is -1.50. The summed E-state index contributed by atoms with van der Waals surface area (Å²) in [6.45, 7) is 6.56. The van der Waals surface area contributed by atoms with Crippen LogP contribution in [0.4, 0.5) is 0 Å². The van der Waals surface area contributed by atoms with E-state index in [1.807, 2.05) is 6.07 Å². The van der Waals surface area contributed by atoms with E-state index < -0.39 is 23.3 Å². The van der Waals surface area contributed by atoms with E-state index in [-0.39, 0.29) is 13.2 Å². The molecule has 0 heterocycles. The van der Waals surface area contributed by atoms with Gasteiger partial charge < -0.3 is 9.47 Å². The number of carbonyl (C=O) groups is 2. The minimum Gasteiger partial charge on any atom is -0.466 e. The van der Waals surface area contributed by atoms with Crippen LogP contribution in [0.2, 0.25) is 0 Å². The molecule has 90 valence electrons. The van der Waals surface area contributed by atoms with Crippen LogP contribution < -0.4 is 0 Å². The Labute approximate surface area is 95.3 Å². The average molecular weight is 227 g/mol. The third kappa shape index (κ3) is 2.96. The molecular formula is C11H17NO4. The van der Waals surface area contributed by atoms with Gasteiger partial charge in [0.2, 0.25) is 0 Å². The van der Waals surface area contributed by atoms with Gasteiger partial charge in [-0.1, -0.05) is 0 Å². The van der Waals surface area contributed by atoms with Crippen LogP contribution in [0.15, 0.2) is 0 Å². The van der Waals surface area contributed by atoms with Crippen molar-refractivity contribution < 1.29 is 19.1 Å². The van der Waals surface area contributed by atoms with E-state index in [1.165, 1.54) is 13.8 Å². The smallest absolute Gasteiger partial charge is 0.327 e. The van der Waals surface area contributed by atoms with Gasteiger partial charge in [-0.2, -0.15) is 5.26 Å². The first-order valence-electron chi connectivity index (χ1n) is 5.19. The summed E-state index contributed by atoms with van der Waals surface area (Å²) < 4.78 is 9.56. The number of nitrogens with zero attached hydrogens (tertiary/aromatic N) is 1. The molecule has 0 spiro atoms. The molecule has 0 amide bonds. The van der Waals surface area contributed by atoms with Crippen LogP contribution in [-0.2, 0) is 19.1 Å². The minimum atomic E-state index is -1.50. The second kappa shape index (κ2) is 6.11. The number of nitriles is 1. The lowest BCUT2D eigenvalue weighted by Crippen LogP contribution is -2.39. The second-order valence-electron chi connectivity index (χ2n) is 3.51. The first kappa shape index (κ1) is 14.4. The number of hydrogen-bond donors (Lipinski definition) is 0. The molecule has 16 heavy (non-hydrogen) atoms. The molecule has 0 rings (SSSR count). The lowest BCUT2D eigenvalue weighted by atomic mass is 9.79. The maximum Gasteiger partial charge on any atom is 0.327 e. The number of carbonyl (C=O) groups excluding carboxylic acids is 2. The fraction of sp³-hybridized carbons (Fsp3) is 0.727. The Morgan fingerprint density at radius 1 is 1.31 bits per heavy atom. The van der Waals surface area contributed by atoms with Crippen LogP contribution in [0.1, 0.15) is 27.7 Å². The molecule has 5 heteroatoms. The van der Waals surface area contributed by atoms with Gasteiger partial charge in [0.1, 0.15) is 0 Å². The molecule has 0 unspecified atom stereocenters. The van der Waals surface area contributed by atoms with Gasteiger partial charge in [-0.25, -0.2) is 0 Å². The number of rotatable bonds is 5. The molecule has 5 nitrogen and oxygen atoms in total. The maximum atomic E-state index is 11.6. The highest BCUT2D eigenvalue weighted by Gasteiger charge is 2.45. The first-order valence-corrected chi connectivity index (χ1v) is 5.19. The van der Waals surface area contributed by atoms with Crippen molar-refractivity contribution in [2.45, 2.75) is 27.7 Å². The van der Waals surface area contributed by atoms with E-state index >= 15 is 0 Å². The molecule has 0 saturated heterocycles.